The van der Waals surface area contributed by atoms with Crippen LogP contribution in [0.15, 0.2) is 24.3 Å². The molecule has 3 amide bonds. The molecule has 6 nitrogen and oxygen atoms in total. The first kappa shape index (κ1) is 19.1. The molecule has 0 spiro atoms. The number of ether oxygens (including phenoxy) is 1. The summed E-state index contributed by atoms with van der Waals surface area (Å²) in [6.07, 6.45) is 7.46. The van der Waals surface area contributed by atoms with Crippen LogP contribution in [0.25, 0.3) is 0 Å². The molecule has 0 saturated heterocycles. The summed E-state index contributed by atoms with van der Waals surface area (Å²) in [6, 6.07) is 6.80. The van der Waals surface area contributed by atoms with E-state index >= 15 is 0 Å². The molecular weight excluding hydrogens is 318 g/mol. The monoisotopic (exact) mass is 347 g/mol. The molecule has 138 valence electrons. The van der Waals surface area contributed by atoms with Crippen molar-refractivity contribution in [3.8, 4) is 5.75 Å². The number of nitrogens with zero attached hydrogens (tertiary/aromatic N) is 1. The lowest BCUT2D eigenvalue weighted by atomic mass is 9.86. The number of methoxy groups -OCH3 is 1. The molecule has 2 rings (SSSR count). The third kappa shape index (κ3) is 6.29. The van der Waals surface area contributed by atoms with Gasteiger partial charge in [0.2, 0.25) is 5.91 Å². The van der Waals surface area contributed by atoms with Crippen LogP contribution in [-0.2, 0) is 4.79 Å². The molecule has 0 atom stereocenters. The fourth-order valence-corrected chi connectivity index (χ4v) is 3.32. The van der Waals surface area contributed by atoms with E-state index in [2.05, 4.69) is 5.32 Å². The molecule has 0 aliphatic heterocycles. The molecule has 0 aromatic heterocycles. The topological polar surface area (TPSA) is 84.7 Å². The zero-order valence-electron chi connectivity index (χ0n) is 15.0. The number of carbonyl (C=O) groups excluding carboxylic acids is 2. The zero-order valence-corrected chi connectivity index (χ0v) is 15.0. The highest BCUT2D eigenvalue weighted by Gasteiger charge is 2.21. The van der Waals surface area contributed by atoms with Gasteiger partial charge in [0.15, 0.2) is 0 Å². The minimum atomic E-state index is -0.676. The van der Waals surface area contributed by atoms with Crippen molar-refractivity contribution in [1.29, 1.82) is 0 Å². The number of hydrogen-bond donors (Lipinski definition) is 2. The smallest absolute Gasteiger partial charge is 0.321 e. The van der Waals surface area contributed by atoms with E-state index in [9.17, 15) is 9.59 Å². The maximum absolute atomic E-state index is 12.3. The lowest BCUT2D eigenvalue weighted by Gasteiger charge is -2.23. The van der Waals surface area contributed by atoms with Crippen molar-refractivity contribution in [2.45, 2.75) is 44.9 Å². The number of rotatable bonds is 8. The van der Waals surface area contributed by atoms with Gasteiger partial charge in [0.1, 0.15) is 5.75 Å². The number of imide groups is 1. The normalized spacial score (nSPS) is 14.8. The maximum atomic E-state index is 12.3. The minimum absolute atomic E-state index is 0.172. The van der Waals surface area contributed by atoms with Gasteiger partial charge in [-0.3, -0.25) is 9.69 Å². The number of benzene rings is 1. The largest absolute Gasteiger partial charge is 0.497 e. The van der Waals surface area contributed by atoms with Crippen LogP contribution >= 0.6 is 0 Å². The van der Waals surface area contributed by atoms with E-state index in [-0.39, 0.29) is 12.5 Å². The van der Waals surface area contributed by atoms with Crippen molar-refractivity contribution in [3.05, 3.63) is 24.3 Å². The third-order valence-corrected chi connectivity index (χ3v) is 4.81. The van der Waals surface area contributed by atoms with Gasteiger partial charge in [-0.15, -0.1) is 0 Å². The summed E-state index contributed by atoms with van der Waals surface area (Å²) in [5.74, 6) is 1.22. The summed E-state index contributed by atoms with van der Waals surface area (Å²) in [7, 11) is 1.62. The van der Waals surface area contributed by atoms with Crippen LogP contribution in [0, 0.1) is 5.92 Å². The maximum Gasteiger partial charge on any atom is 0.321 e. The Morgan fingerprint density at radius 2 is 1.88 bits per heavy atom. The Kier molecular flexibility index (Phi) is 7.57. The van der Waals surface area contributed by atoms with E-state index in [4.69, 9.17) is 10.5 Å². The number of nitrogens with two attached hydrogens (primary N) is 1. The van der Waals surface area contributed by atoms with Gasteiger partial charge in [0.25, 0.3) is 0 Å². The molecule has 3 N–H and O–H groups in total. The predicted octanol–water partition coefficient (Wildman–Crippen LogP) is 3.37. The number of anilines is 1. The van der Waals surface area contributed by atoms with Gasteiger partial charge in [0, 0.05) is 25.2 Å². The van der Waals surface area contributed by atoms with E-state index in [1.165, 1.54) is 32.1 Å². The lowest BCUT2D eigenvalue weighted by molar-refractivity contribution is -0.128. The van der Waals surface area contributed by atoms with Crippen LogP contribution in [0.5, 0.6) is 5.75 Å². The molecule has 1 aromatic carbocycles. The number of urea groups is 1. The van der Waals surface area contributed by atoms with E-state index in [0.717, 1.165) is 22.8 Å². The quantitative estimate of drug-likeness (QED) is 0.755. The number of amides is 3. The average molecular weight is 347 g/mol. The van der Waals surface area contributed by atoms with Gasteiger partial charge in [-0.2, -0.15) is 0 Å². The van der Waals surface area contributed by atoms with Crippen molar-refractivity contribution >= 4 is 17.6 Å². The molecule has 6 heteroatoms. The van der Waals surface area contributed by atoms with Crippen molar-refractivity contribution in [2.24, 2.45) is 11.7 Å². The third-order valence-electron chi connectivity index (χ3n) is 4.81. The fourth-order valence-electron chi connectivity index (χ4n) is 3.32. The Hall–Kier alpha value is -2.24. The Balaban J connectivity index is 1.76. The van der Waals surface area contributed by atoms with Gasteiger partial charge >= 0.3 is 6.03 Å². The molecule has 1 aromatic rings. The van der Waals surface area contributed by atoms with Crippen LogP contribution in [0.1, 0.15) is 44.9 Å². The molecular formula is C19H29N3O3. The van der Waals surface area contributed by atoms with E-state index in [0.29, 0.717) is 18.9 Å². The molecule has 0 heterocycles. The highest BCUT2D eigenvalue weighted by atomic mass is 16.5. The number of primary amides is 1. The van der Waals surface area contributed by atoms with Crippen LogP contribution < -0.4 is 15.8 Å². The van der Waals surface area contributed by atoms with Gasteiger partial charge in [-0.25, -0.2) is 4.79 Å². The van der Waals surface area contributed by atoms with Crippen LogP contribution in [0.3, 0.4) is 0 Å². The highest BCUT2D eigenvalue weighted by Crippen LogP contribution is 2.27. The zero-order chi connectivity index (χ0) is 18.1. The second-order valence-corrected chi connectivity index (χ2v) is 6.58. The van der Waals surface area contributed by atoms with Gasteiger partial charge in [-0.05, 0) is 36.6 Å². The summed E-state index contributed by atoms with van der Waals surface area (Å²) >= 11 is 0. The first-order chi connectivity index (χ1) is 12.1. The van der Waals surface area contributed by atoms with Crippen molar-refractivity contribution in [1.82, 2.24) is 4.90 Å². The van der Waals surface area contributed by atoms with E-state index in [1.807, 2.05) is 24.3 Å². The molecule has 0 unspecified atom stereocenters. The van der Waals surface area contributed by atoms with Gasteiger partial charge in [-0.1, -0.05) is 32.1 Å². The molecule has 1 fully saturated rings. The molecule has 1 aliphatic carbocycles. The standard InChI is InChI=1S/C19H29N3O3/c1-25-17-10-8-16(9-11-17)21-13-14-22(19(20)24)18(23)12-7-15-5-3-2-4-6-15/h8-11,15,21H,2-7,12-14H2,1H3,(H2,20,24). The number of carbonyl (C=O) groups is 2. The summed E-state index contributed by atoms with van der Waals surface area (Å²) in [6.45, 7) is 0.731. The Morgan fingerprint density at radius 3 is 2.48 bits per heavy atom. The summed E-state index contributed by atoms with van der Waals surface area (Å²) in [4.78, 5) is 25.1. The summed E-state index contributed by atoms with van der Waals surface area (Å²) < 4.78 is 5.11. The second kappa shape index (κ2) is 9.91. The van der Waals surface area contributed by atoms with Gasteiger partial charge in [0.05, 0.1) is 7.11 Å². The number of hydrogen-bond acceptors (Lipinski definition) is 4. The molecule has 1 aliphatic rings. The van der Waals surface area contributed by atoms with E-state index in [1.54, 1.807) is 7.11 Å². The average Bonchev–Trinajstić information content (AvgIpc) is 2.64. The van der Waals surface area contributed by atoms with Crippen molar-refractivity contribution in [2.75, 3.05) is 25.5 Å². The second-order valence-electron chi connectivity index (χ2n) is 6.58. The summed E-state index contributed by atoms with van der Waals surface area (Å²) in [5, 5.41) is 3.18. The fraction of sp³-hybridized carbons (Fsp3) is 0.579. The van der Waals surface area contributed by atoms with Gasteiger partial charge < -0.3 is 15.8 Å². The first-order valence-corrected chi connectivity index (χ1v) is 9.08. The molecule has 1 saturated carbocycles. The molecule has 25 heavy (non-hydrogen) atoms. The lowest BCUT2D eigenvalue weighted by Crippen LogP contribution is -2.43. The van der Waals surface area contributed by atoms with E-state index < -0.39 is 6.03 Å². The van der Waals surface area contributed by atoms with Crippen molar-refractivity contribution in [3.63, 3.8) is 0 Å². The van der Waals surface area contributed by atoms with Crippen LogP contribution in [0.4, 0.5) is 10.5 Å². The van der Waals surface area contributed by atoms with Crippen LogP contribution in [-0.4, -0.2) is 37.0 Å². The molecule has 0 radical (unpaired) electrons. The Labute approximate surface area is 149 Å². The highest BCUT2D eigenvalue weighted by molar-refractivity contribution is 5.93. The minimum Gasteiger partial charge on any atom is -0.497 e. The summed E-state index contributed by atoms with van der Waals surface area (Å²) in [5.41, 5.74) is 6.29. The Morgan fingerprint density at radius 1 is 1.20 bits per heavy atom. The van der Waals surface area contributed by atoms with Crippen molar-refractivity contribution < 1.29 is 14.3 Å². The van der Waals surface area contributed by atoms with Crippen LogP contribution in [0.2, 0.25) is 0 Å². The SMILES string of the molecule is COc1ccc(NCCN(C(N)=O)C(=O)CCC2CCCCC2)cc1. The first-order valence-electron chi connectivity index (χ1n) is 9.08. The Bertz CT molecular complexity index is 554. The molecule has 0 bridgehead atoms. The number of nitrogens with one attached hydrogen (secondary N) is 1. The predicted molar refractivity (Wildman–Crippen MR) is 98.6 cm³/mol.